The molecule has 0 bridgehead atoms. The molecule has 1 atom stereocenters. The van der Waals surface area contributed by atoms with Crippen LogP contribution in [0.3, 0.4) is 0 Å². The molecule has 1 saturated heterocycles. The van der Waals surface area contributed by atoms with Crippen molar-refractivity contribution < 1.29 is 13.3 Å². The Balaban J connectivity index is 1.57. The first-order valence-corrected chi connectivity index (χ1v) is 12.3. The van der Waals surface area contributed by atoms with E-state index >= 15 is 0 Å². The fourth-order valence-corrected chi connectivity index (χ4v) is 7.04. The van der Waals surface area contributed by atoms with Crippen molar-refractivity contribution in [2.45, 2.75) is 42.7 Å². The van der Waals surface area contributed by atoms with Gasteiger partial charge in [0.05, 0.1) is 10.7 Å². The highest BCUT2D eigenvalue weighted by molar-refractivity contribution is 7.89. The van der Waals surface area contributed by atoms with E-state index in [1.54, 1.807) is 12.1 Å². The molecule has 0 saturated carbocycles. The van der Waals surface area contributed by atoms with Crippen molar-refractivity contribution in [2.24, 2.45) is 0 Å². The quantitative estimate of drug-likeness (QED) is 0.748. The second kappa shape index (κ2) is 6.97. The maximum absolute atomic E-state index is 13.1. The van der Waals surface area contributed by atoms with Gasteiger partial charge in [-0.1, -0.05) is 49.7 Å². The first kappa shape index (κ1) is 20.8. The molecule has 31 heavy (non-hydrogen) atoms. The lowest BCUT2D eigenvalue weighted by atomic mass is 9.77. The van der Waals surface area contributed by atoms with Crippen LogP contribution in [0.5, 0.6) is 0 Å². The number of nitrogens with one attached hydrogen (secondary N) is 1. The Hall–Kier alpha value is -2.06. The Morgan fingerprint density at radius 1 is 1.10 bits per heavy atom. The van der Waals surface area contributed by atoms with E-state index in [0.29, 0.717) is 13.1 Å². The molecule has 1 spiro atoms. The number of likely N-dealkylation sites (N-methyl/N-ethyl adjacent to an activating group) is 1. The second-order valence-corrected chi connectivity index (χ2v) is 11.2. The molecule has 1 fully saturated rings. The molecule has 6 nitrogen and oxygen atoms in total. The van der Waals surface area contributed by atoms with Gasteiger partial charge in [-0.25, -0.2) is 13.3 Å². The van der Waals surface area contributed by atoms with Gasteiger partial charge >= 0.3 is 0 Å². The summed E-state index contributed by atoms with van der Waals surface area (Å²) in [6.07, 6.45) is 3.80. The molecule has 0 aliphatic carbocycles. The van der Waals surface area contributed by atoms with Gasteiger partial charge in [-0.2, -0.15) is 4.31 Å². The predicted octanol–water partition coefficient (Wildman–Crippen LogP) is 4.12. The van der Waals surface area contributed by atoms with Crippen LogP contribution in [0.2, 0.25) is 5.02 Å². The van der Waals surface area contributed by atoms with E-state index in [1.165, 1.54) is 9.87 Å². The molecule has 8 heteroatoms. The lowest BCUT2D eigenvalue weighted by Gasteiger charge is -2.39. The average molecular weight is 460 g/mol. The third kappa shape index (κ3) is 2.87. The van der Waals surface area contributed by atoms with E-state index in [4.69, 9.17) is 16.4 Å². The number of sulfonamides is 1. The van der Waals surface area contributed by atoms with Crippen molar-refractivity contribution in [1.29, 1.82) is 0 Å². The number of hydrogen-bond acceptors (Lipinski definition) is 5. The van der Waals surface area contributed by atoms with Gasteiger partial charge in [-0.05, 0) is 42.7 Å². The number of benzene rings is 2. The van der Waals surface area contributed by atoms with E-state index in [-0.39, 0.29) is 15.3 Å². The molecule has 1 N–H and O–H groups in total. The monoisotopic (exact) mass is 459 g/mol. The predicted molar refractivity (Wildman–Crippen MR) is 122 cm³/mol. The van der Waals surface area contributed by atoms with Gasteiger partial charge in [0.1, 0.15) is 4.90 Å². The summed E-state index contributed by atoms with van der Waals surface area (Å²) in [5, 5.41) is 0.232. The highest BCUT2D eigenvalue weighted by atomic mass is 35.5. The van der Waals surface area contributed by atoms with Gasteiger partial charge in [0.2, 0.25) is 10.0 Å². The minimum atomic E-state index is -3.63. The summed E-state index contributed by atoms with van der Waals surface area (Å²) in [6.45, 7) is 5.38. The fourth-order valence-electron chi connectivity index (χ4n) is 5.02. The van der Waals surface area contributed by atoms with Crippen molar-refractivity contribution in [3.8, 4) is 0 Å². The molecule has 0 aromatic heterocycles. The largest absolute Gasteiger partial charge is 0.340 e. The lowest BCUT2D eigenvalue weighted by Crippen LogP contribution is -2.54. The zero-order valence-corrected chi connectivity index (χ0v) is 19.4. The summed E-state index contributed by atoms with van der Waals surface area (Å²) < 4.78 is 27.8. The molecule has 1 unspecified atom stereocenters. The molecule has 2 aromatic carbocycles. The summed E-state index contributed by atoms with van der Waals surface area (Å²) in [7, 11) is -1.62. The van der Waals surface area contributed by atoms with E-state index in [2.05, 4.69) is 36.4 Å². The second-order valence-electron chi connectivity index (χ2n) is 8.92. The van der Waals surface area contributed by atoms with Crippen LogP contribution in [0.15, 0.2) is 53.4 Å². The van der Waals surface area contributed by atoms with Crippen molar-refractivity contribution in [1.82, 2.24) is 9.79 Å². The van der Waals surface area contributed by atoms with Crippen LogP contribution < -0.4 is 10.4 Å². The standard InChI is InChI=1S/C23H26ClN3O3S/c1-22(2)17-8-4-5-9-20(17)26(3)23(22)15-19(25-30-23)16-10-11-18(24)21(14-16)31(28,29)27-12-6-7-13-27/h4-5,8-11,14-15,25H,6-7,12-13H2,1-3H3. The smallest absolute Gasteiger partial charge is 0.244 e. The minimum Gasteiger partial charge on any atom is -0.340 e. The van der Waals surface area contributed by atoms with Crippen LogP contribution in [0.4, 0.5) is 5.69 Å². The Labute approximate surface area is 188 Å². The minimum absolute atomic E-state index is 0.138. The number of anilines is 1. The summed E-state index contributed by atoms with van der Waals surface area (Å²) in [4.78, 5) is 8.49. The average Bonchev–Trinajstić information content (AvgIpc) is 3.47. The van der Waals surface area contributed by atoms with Crippen LogP contribution in [0.1, 0.15) is 37.8 Å². The Morgan fingerprint density at radius 3 is 2.52 bits per heavy atom. The van der Waals surface area contributed by atoms with Gasteiger partial charge in [0.15, 0.2) is 5.72 Å². The molecule has 5 rings (SSSR count). The number of fused-ring (bicyclic) bond motifs is 1. The molecule has 3 heterocycles. The van der Waals surface area contributed by atoms with Crippen molar-refractivity contribution >= 4 is 33.0 Å². The Bertz CT molecular complexity index is 1190. The van der Waals surface area contributed by atoms with Crippen molar-refractivity contribution in [3.05, 3.63) is 64.7 Å². The number of rotatable bonds is 3. The zero-order chi connectivity index (χ0) is 22.0. The Morgan fingerprint density at radius 2 is 1.81 bits per heavy atom. The normalized spacial score (nSPS) is 25.0. The molecule has 0 radical (unpaired) electrons. The third-order valence-corrected chi connectivity index (χ3v) is 9.29. The SMILES string of the molecule is CN1c2ccccc2C(C)(C)C12C=C(c1ccc(Cl)c(S(=O)(=O)N3CCCC3)c1)NO2. The van der Waals surface area contributed by atoms with Crippen LogP contribution in [-0.4, -0.2) is 38.6 Å². The maximum Gasteiger partial charge on any atom is 0.244 e. The summed E-state index contributed by atoms with van der Waals surface area (Å²) in [6, 6.07) is 13.4. The van der Waals surface area contributed by atoms with Crippen molar-refractivity contribution in [3.63, 3.8) is 0 Å². The first-order chi connectivity index (χ1) is 14.7. The summed E-state index contributed by atoms with van der Waals surface area (Å²) >= 11 is 6.33. The molecular weight excluding hydrogens is 434 g/mol. The van der Waals surface area contributed by atoms with Gasteiger partial charge in [-0.15, -0.1) is 0 Å². The fraction of sp³-hybridized carbons (Fsp3) is 0.391. The maximum atomic E-state index is 13.1. The van der Waals surface area contributed by atoms with Crippen LogP contribution in [0, 0.1) is 0 Å². The molecule has 3 aliphatic rings. The Kier molecular flexibility index (Phi) is 4.68. The van der Waals surface area contributed by atoms with Gasteiger partial charge in [0.25, 0.3) is 0 Å². The number of hydrogen-bond donors (Lipinski definition) is 1. The highest BCUT2D eigenvalue weighted by Gasteiger charge is 2.58. The van der Waals surface area contributed by atoms with E-state index in [9.17, 15) is 8.42 Å². The first-order valence-electron chi connectivity index (χ1n) is 10.5. The number of nitrogens with zero attached hydrogens (tertiary/aromatic N) is 2. The zero-order valence-electron chi connectivity index (χ0n) is 17.9. The molecular formula is C23H26ClN3O3S. The number of hydroxylamine groups is 1. The van der Waals surface area contributed by atoms with E-state index < -0.39 is 15.7 Å². The highest BCUT2D eigenvalue weighted by Crippen LogP contribution is 2.54. The van der Waals surface area contributed by atoms with E-state index in [1.807, 2.05) is 31.3 Å². The van der Waals surface area contributed by atoms with Gasteiger partial charge in [-0.3, -0.25) is 5.48 Å². The van der Waals surface area contributed by atoms with Crippen LogP contribution in [-0.2, 0) is 20.3 Å². The number of halogens is 1. The summed E-state index contributed by atoms with van der Waals surface area (Å²) in [5.41, 5.74) is 5.75. The molecule has 0 amide bonds. The van der Waals surface area contributed by atoms with Crippen LogP contribution in [0.25, 0.3) is 5.70 Å². The number of para-hydroxylation sites is 1. The van der Waals surface area contributed by atoms with Gasteiger partial charge < -0.3 is 4.90 Å². The van der Waals surface area contributed by atoms with E-state index in [0.717, 1.165) is 29.8 Å². The third-order valence-electron chi connectivity index (χ3n) is 6.91. The molecule has 3 aliphatic heterocycles. The summed E-state index contributed by atoms with van der Waals surface area (Å²) in [5.74, 6) is 0. The topological polar surface area (TPSA) is 61.9 Å². The van der Waals surface area contributed by atoms with Gasteiger partial charge in [0, 0.05) is 36.8 Å². The van der Waals surface area contributed by atoms with Crippen molar-refractivity contribution in [2.75, 3.05) is 25.0 Å². The molecule has 164 valence electrons. The van der Waals surface area contributed by atoms with Crippen LogP contribution >= 0.6 is 11.6 Å². The lowest BCUT2D eigenvalue weighted by molar-refractivity contribution is -0.0678. The molecule has 2 aromatic rings.